The molecule has 0 fully saturated rings. The van der Waals surface area contributed by atoms with Gasteiger partial charge in [0.15, 0.2) is 0 Å². The van der Waals surface area contributed by atoms with E-state index in [1.165, 1.54) is 0 Å². The summed E-state index contributed by atoms with van der Waals surface area (Å²) in [7, 11) is 0. The third-order valence-corrected chi connectivity index (χ3v) is 2.43. The third-order valence-electron chi connectivity index (χ3n) is 2.43. The lowest BCUT2D eigenvalue weighted by molar-refractivity contribution is 0.291. The van der Waals surface area contributed by atoms with Crippen LogP contribution >= 0.6 is 0 Å². The Morgan fingerprint density at radius 3 is 2.76 bits per heavy atom. The Morgan fingerprint density at radius 1 is 1.29 bits per heavy atom. The Bertz CT molecular complexity index is 472. The zero-order chi connectivity index (χ0) is 12.3. The molecule has 0 atom stereocenters. The second-order valence-corrected chi connectivity index (χ2v) is 5.01. The molecule has 2 rings (SSSR count). The molecule has 0 bridgehead atoms. The minimum absolute atomic E-state index is 0.0367. The second-order valence-electron chi connectivity index (χ2n) is 5.01. The number of hydrogen-bond acceptors (Lipinski definition) is 3. The van der Waals surface area contributed by atoms with Crippen LogP contribution in [0, 0.1) is 0 Å². The van der Waals surface area contributed by atoms with Crippen LogP contribution < -0.4 is 4.74 Å². The number of nitrogens with zero attached hydrogens (tertiary/aromatic N) is 2. The smallest absolute Gasteiger partial charge is 0.213 e. The number of rotatable bonds is 3. The van der Waals surface area contributed by atoms with E-state index in [1.807, 2.05) is 24.4 Å². The Kier molecular flexibility index (Phi) is 3.13. The van der Waals surface area contributed by atoms with Gasteiger partial charge in [0.1, 0.15) is 6.61 Å². The lowest BCUT2D eigenvalue weighted by Crippen LogP contribution is -2.13. The van der Waals surface area contributed by atoms with E-state index in [0.717, 1.165) is 11.3 Å². The minimum atomic E-state index is 0.0367. The Balaban J connectivity index is 2.07. The molecule has 0 aliphatic rings. The number of H-pyrrole nitrogens is 1. The van der Waals surface area contributed by atoms with Crippen LogP contribution in [0.25, 0.3) is 0 Å². The molecule has 4 heteroatoms. The van der Waals surface area contributed by atoms with E-state index in [-0.39, 0.29) is 5.41 Å². The highest BCUT2D eigenvalue weighted by Crippen LogP contribution is 2.22. The van der Waals surface area contributed by atoms with Crippen molar-refractivity contribution in [3.63, 3.8) is 0 Å². The standard InChI is InChI=1S/C13H17N3O/c1-13(2,3)11-5-4-6-12(16-11)17-9-10-7-14-15-8-10/h4-8H,9H2,1-3H3,(H,14,15). The molecule has 0 aliphatic carbocycles. The van der Waals surface area contributed by atoms with Crippen LogP contribution in [0.4, 0.5) is 0 Å². The van der Waals surface area contributed by atoms with E-state index in [9.17, 15) is 0 Å². The summed E-state index contributed by atoms with van der Waals surface area (Å²) in [6.45, 7) is 6.89. The molecular formula is C13H17N3O. The zero-order valence-electron chi connectivity index (χ0n) is 10.4. The van der Waals surface area contributed by atoms with Gasteiger partial charge in [-0.2, -0.15) is 5.10 Å². The fraction of sp³-hybridized carbons (Fsp3) is 0.385. The summed E-state index contributed by atoms with van der Waals surface area (Å²) in [6.07, 6.45) is 3.56. The molecule has 0 saturated carbocycles. The van der Waals surface area contributed by atoms with E-state index in [1.54, 1.807) is 6.20 Å². The molecular weight excluding hydrogens is 214 g/mol. The normalized spacial score (nSPS) is 11.5. The van der Waals surface area contributed by atoms with E-state index in [0.29, 0.717) is 12.5 Å². The maximum Gasteiger partial charge on any atom is 0.213 e. The first-order chi connectivity index (χ1) is 8.05. The van der Waals surface area contributed by atoms with E-state index < -0.39 is 0 Å². The van der Waals surface area contributed by atoms with Crippen LogP contribution in [0.2, 0.25) is 0 Å². The lowest BCUT2D eigenvalue weighted by atomic mass is 9.92. The highest BCUT2D eigenvalue weighted by Gasteiger charge is 2.15. The molecule has 4 nitrogen and oxygen atoms in total. The van der Waals surface area contributed by atoms with Crippen LogP contribution in [0.1, 0.15) is 32.0 Å². The molecule has 0 aromatic carbocycles. The molecule has 2 aromatic rings. The van der Waals surface area contributed by atoms with Gasteiger partial charge in [-0.05, 0) is 6.07 Å². The highest BCUT2D eigenvalue weighted by atomic mass is 16.5. The molecule has 2 heterocycles. The maximum absolute atomic E-state index is 5.62. The van der Waals surface area contributed by atoms with E-state index in [4.69, 9.17) is 4.74 Å². The van der Waals surface area contributed by atoms with Gasteiger partial charge in [-0.1, -0.05) is 26.8 Å². The SMILES string of the molecule is CC(C)(C)c1cccc(OCc2cn[nH]c2)n1. The summed E-state index contributed by atoms with van der Waals surface area (Å²) in [5, 5.41) is 6.62. The molecule has 0 aliphatic heterocycles. The molecule has 0 spiro atoms. The van der Waals surface area contributed by atoms with Crippen molar-refractivity contribution in [1.82, 2.24) is 15.2 Å². The van der Waals surface area contributed by atoms with Crippen molar-refractivity contribution in [3.8, 4) is 5.88 Å². The zero-order valence-corrected chi connectivity index (χ0v) is 10.4. The molecule has 0 amide bonds. The topological polar surface area (TPSA) is 50.8 Å². The predicted octanol–water partition coefficient (Wildman–Crippen LogP) is 2.68. The van der Waals surface area contributed by atoms with Crippen molar-refractivity contribution in [2.75, 3.05) is 0 Å². The fourth-order valence-electron chi connectivity index (χ4n) is 1.43. The van der Waals surface area contributed by atoms with Crippen molar-refractivity contribution in [2.24, 2.45) is 0 Å². The first kappa shape index (κ1) is 11.6. The maximum atomic E-state index is 5.62. The van der Waals surface area contributed by atoms with Crippen molar-refractivity contribution in [1.29, 1.82) is 0 Å². The predicted molar refractivity (Wildman–Crippen MR) is 65.9 cm³/mol. The van der Waals surface area contributed by atoms with Crippen LogP contribution in [-0.2, 0) is 12.0 Å². The van der Waals surface area contributed by atoms with Crippen LogP contribution in [0.5, 0.6) is 5.88 Å². The third kappa shape index (κ3) is 3.06. The molecule has 0 radical (unpaired) electrons. The van der Waals surface area contributed by atoms with Crippen LogP contribution in [0.3, 0.4) is 0 Å². The van der Waals surface area contributed by atoms with Crippen LogP contribution in [0.15, 0.2) is 30.6 Å². The number of nitrogens with one attached hydrogen (secondary N) is 1. The second kappa shape index (κ2) is 4.57. The summed E-state index contributed by atoms with van der Waals surface area (Å²) < 4.78 is 5.62. The molecule has 0 saturated heterocycles. The highest BCUT2D eigenvalue weighted by molar-refractivity contribution is 5.21. The van der Waals surface area contributed by atoms with Gasteiger partial charge in [-0.3, -0.25) is 5.10 Å². The Labute approximate surface area is 101 Å². The average Bonchev–Trinajstić information content (AvgIpc) is 2.78. The summed E-state index contributed by atoms with van der Waals surface area (Å²) in [4.78, 5) is 4.49. The lowest BCUT2D eigenvalue weighted by Gasteiger charge is -2.18. The fourth-order valence-corrected chi connectivity index (χ4v) is 1.43. The molecule has 90 valence electrons. The molecule has 2 aromatic heterocycles. The van der Waals surface area contributed by atoms with Gasteiger partial charge in [0.2, 0.25) is 5.88 Å². The Hall–Kier alpha value is -1.84. The van der Waals surface area contributed by atoms with Gasteiger partial charge in [-0.15, -0.1) is 0 Å². The molecule has 1 N–H and O–H groups in total. The number of ether oxygens (including phenoxy) is 1. The van der Waals surface area contributed by atoms with Crippen molar-refractivity contribution in [3.05, 3.63) is 41.9 Å². The number of pyridine rings is 1. The summed E-state index contributed by atoms with van der Waals surface area (Å²) >= 11 is 0. The van der Waals surface area contributed by atoms with E-state index >= 15 is 0 Å². The molecule has 0 unspecified atom stereocenters. The minimum Gasteiger partial charge on any atom is -0.473 e. The van der Waals surface area contributed by atoms with Gasteiger partial charge in [0.05, 0.1) is 6.20 Å². The summed E-state index contributed by atoms with van der Waals surface area (Å²) in [5.74, 6) is 0.652. The largest absolute Gasteiger partial charge is 0.473 e. The quantitative estimate of drug-likeness (QED) is 0.883. The number of aromatic nitrogens is 3. The molecule has 17 heavy (non-hydrogen) atoms. The van der Waals surface area contributed by atoms with Gasteiger partial charge >= 0.3 is 0 Å². The summed E-state index contributed by atoms with van der Waals surface area (Å²) in [5.41, 5.74) is 2.07. The average molecular weight is 231 g/mol. The first-order valence-corrected chi connectivity index (χ1v) is 5.64. The van der Waals surface area contributed by atoms with Crippen LogP contribution in [-0.4, -0.2) is 15.2 Å². The number of aromatic amines is 1. The van der Waals surface area contributed by atoms with E-state index in [2.05, 4.69) is 36.0 Å². The monoisotopic (exact) mass is 231 g/mol. The Morgan fingerprint density at radius 2 is 2.12 bits per heavy atom. The van der Waals surface area contributed by atoms with Gasteiger partial charge in [-0.25, -0.2) is 4.98 Å². The van der Waals surface area contributed by atoms with Crippen molar-refractivity contribution < 1.29 is 4.74 Å². The van der Waals surface area contributed by atoms with Crippen molar-refractivity contribution in [2.45, 2.75) is 32.8 Å². The van der Waals surface area contributed by atoms with Gasteiger partial charge in [0.25, 0.3) is 0 Å². The first-order valence-electron chi connectivity index (χ1n) is 5.64. The number of hydrogen-bond donors (Lipinski definition) is 1. The van der Waals surface area contributed by atoms with Gasteiger partial charge < -0.3 is 4.74 Å². The summed E-state index contributed by atoms with van der Waals surface area (Å²) in [6, 6.07) is 5.86. The van der Waals surface area contributed by atoms with Gasteiger partial charge in [0, 0.05) is 28.9 Å². The van der Waals surface area contributed by atoms with Crippen molar-refractivity contribution >= 4 is 0 Å².